The van der Waals surface area contributed by atoms with Gasteiger partial charge in [0.05, 0.1) is 0 Å². The van der Waals surface area contributed by atoms with Gasteiger partial charge in [-0.2, -0.15) is 24.4 Å². The SMILES string of the molecule is CC(C)(C)c1cc(CSC2CCCCCCC2S)c(O)c(C(C)(C)c2ccccc2)c1. The van der Waals surface area contributed by atoms with E-state index in [9.17, 15) is 5.11 Å². The average Bonchev–Trinajstić information content (AvgIpc) is 2.71. The van der Waals surface area contributed by atoms with Gasteiger partial charge in [0.2, 0.25) is 0 Å². The standard InChI is InChI=1S/C28H40OS2/c1-27(2,3)22-17-20(19-31-25-16-12-7-6-11-15-24(25)30)26(29)23(18-22)28(4,5)21-13-9-8-10-14-21/h8-10,13-14,17-18,24-25,29-30H,6-7,11-12,15-16,19H2,1-5H3. The molecule has 3 rings (SSSR count). The second-order valence-corrected chi connectivity index (χ2v) is 12.6. The van der Waals surface area contributed by atoms with Crippen LogP contribution in [0.5, 0.6) is 5.75 Å². The van der Waals surface area contributed by atoms with E-state index in [1.807, 2.05) is 11.8 Å². The van der Waals surface area contributed by atoms with Crippen molar-refractivity contribution in [1.29, 1.82) is 0 Å². The quantitative estimate of drug-likeness (QED) is 0.441. The molecule has 1 aliphatic carbocycles. The summed E-state index contributed by atoms with van der Waals surface area (Å²) in [4.78, 5) is 0. The molecule has 2 atom stereocenters. The number of phenols is 1. The maximum absolute atomic E-state index is 11.4. The van der Waals surface area contributed by atoms with Crippen LogP contribution in [0.2, 0.25) is 0 Å². The van der Waals surface area contributed by atoms with Crippen molar-refractivity contribution in [2.75, 3.05) is 0 Å². The first-order valence-corrected chi connectivity index (χ1v) is 13.4. The lowest BCUT2D eigenvalue weighted by atomic mass is 9.74. The molecule has 3 heteroatoms. The van der Waals surface area contributed by atoms with E-state index < -0.39 is 0 Å². The summed E-state index contributed by atoms with van der Waals surface area (Å²) in [5.41, 5.74) is 4.38. The molecule has 2 aromatic rings. The van der Waals surface area contributed by atoms with Crippen LogP contribution in [-0.2, 0) is 16.6 Å². The third-order valence-corrected chi connectivity index (χ3v) is 9.13. The number of hydrogen-bond donors (Lipinski definition) is 2. The van der Waals surface area contributed by atoms with Crippen LogP contribution in [0.1, 0.15) is 95.4 Å². The van der Waals surface area contributed by atoms with Gasteiger partial charge in [0.15, 0.2) is 0 Å². The van der Waals surface area contributed by atoms with Crippen LogP contribution >= 0.6 is 24.4 Å². The van der Waals surface area contributed by atoms with E-state index in [0.29, 0.717) is 16.2 Å². The minimum absolute atomic E-state index is 0.0287. The van der Waals surface area contributed by atoms with Crippen LogP contribution in [0.15, 0.2) is 42.5 Å². The lowest BCUT2D eigenvalue weighted by molar-refractivity contribution is 0.446. The third-order valence-electron chi connectivity index (χ3n) is 6.84. The second-order valence-electron chi connectivity index (χ2n) is 10.7. The highest BCUT2D eigenvalue weighted by Crippen LogP contribution is 2.43. The Morgan fingerprint density at radius 3 is 2.19 bits per heavy atom. The molecule has 0 spiro atoms. The lowest BCUT2D eigenvalue weighted by Crippen LogP contribution is -2.22. The van der Waals surface area contributed by atoms with Crippen molar-refractivity contribution in [1.82, 2.24) is 0 Å². The van der Waals surface area contributed by atoms with Gasteiger partial charge in [0, 0.05) is 32.8 Å². The van der Waals surface area contributed by atoms with Gasteiger partial charge in [-0.1, -0.05) is 103 Å². The molecule has 1 saturated carbocycles. The van der Waals surface area contributed by atoms with Gasteiger partial charge in [-0.15, -0.1) is 0 Å². The first-order chi connectivity index (χ1) is 14.6. The van der Waals surface area contributed by atoms with Gasteiger partial charge in [0.1, 0.15) is 5.75 Å². The summed E-state index contributed by atoms with van der Waals surface area (Å²) in [5, 5.41) is 12.5. The van der Waals surface area contributed by atoms with Gasteiger partial charge in [-0.3, -0.25) is 0 Å². The Hall–Kier alpha value is -1.06. The first-order valence-electron chi connectivity index (χ1n) is 11.8. The molecule has 0 heterocycles. The number of hydrogen-bond acceptors (Lipinski definition) is 3. The Morgan fingerprint density at radius 1 is 0.903 bits per heavy atom. The molecule has 1 aliphatic rings. The van der Waals surface area contributed by atoms with Crippen molar-refractivity contribution < 1.29 is 5.11 Å². The highest BCUT2D eigenvalue weighted by atomic mass is 32.2. The van der Waals surface area contributed by atoms with Crippen molar-refractivity contribution in [3.8, 4) is 5.75 Å². The van der Waals surface area contributed by atoms with Gasteiger partial charge < -0.3 is 5.11 Å². The molecule has 0 aliphatic heterocycles. The number of phenolic OH excluding ortho intramolecular Hbond substituents is 1. The predicted octanol–water partition coefficient (Wildman–Crippen LogP) is 8.27. The Kier molecular flexibility index (Phi) is 8.13. The van der Waals surface area contributed by atoms with E-state index >= 15 is 0 Å². The lowest BCUT2D eigenvalue weighted by Gasteiger charge is -2.31. The van der Waals surface area contributed by atoms with Crippen LogP contribution in [0.25, 0.3) is 0 Å². The minimum Gasteiger partial charge on any atom is -0.507 e. The highest BCUT2D eigenvalue weighted by molar-refractivity contribution is 8.00. The van der Waals surface area contributed by atoms with Crippen molar-refractivity contribution in [3.05, 3.63) is 64.7 Å². The summed E-state index contributed by atoms with van der Waals surface area (Å²) >= 11 is 6.94. The fraction of sp³-hybridized carbons (Fsp3) is 0.571. The second kappa shape index (κ2) is 10.3. The number of thioether (sulfide) groups is 1. The Labute approximate surface area is 199 Å². The van der Waals surface area contributed by atoms with E-state index in [2.05, 4.69) is 77.1 Å². The summed E-state index contributed by atoms with van der Waals surface area (Å²) in [6, 6.07) is 15.0. The van der Waals surface area contributed by atoms with Crippen LogP contribution in [0.3, 0.4) is 0 Å². The zero-order chi connectivity index (χ0) is 22.6. The van der Waals surface area contributed by atoms with Gasteiger partial charge in [-0.05, 0) is 29.4 Å². The summed E-state index contributed by atoms with van der Waals surface area (Å²) in [5.74, 6) is 1.31. The first kappa shape index (κ1) is 24.6. The fourth-order valence-corrected chi connectivity index (χ4v) is 6.44. The molecule has 0 saturated heterocycles. The number of aromatic hydroxyl groups is 1. The predicted molar refractivity (Wildman–Crippen MR) is 141 cm³/mol. The van der Waals surface area contributed by atoms with Crippen molar-refractivity contribution >= 4 is 24.4 Å². The van der Waals surface area contributed by atoms with E-state index in [1.165, 1.54) is 49.7 Å². The largest absolute Gasteiger partial charge is 0.507 e. The molecule has 0 amide bonds. The monoisotopic (exact) mass is 456 g/mol. The average molecular weight is 457 g/mol. The number of thiol groups is 1. The zero-order valence-electron chi connectivity index (χ0n) is 19.9. The summed E-state index contributed by atoms with van der Waals surface area (Å²) in [6.07, 6.45) is 7.74. The highest BCUT2D eigenvalue weighted by Gasteiger charge is 2.30. The molecule has 0 bridgehead atoms. The van der Waals surface area contributed by atoms with Crippen LogP contribution in [0.4, 0.5) is 0 Å². The molecule has 0 aromatic heterocycles. The maximum Gasteiger partial charge on any atom is 0.123 e. The molecule has 2 aromatic carbocycles. The zero-order valence-corrected chi connectivity index (χ0v) is 21.7. The number of rotatable bonds is 5. The van der Waals surface area contributed by atoms with Gasteiger partial charge in [0.25, 0.3) is 0 Å². The summed E-state index contributed by atoms with van der Waals surface area (Å²) in [7, 11) is 0. The van der Waals surface area contributed by atoms with Gasteiger partial charge >= 0.3 is 0 Å². The Bertz CT molecular complexity index is 851. The molecule has 0 radical (unpaired) electrons. The minimum atomic E-state index is -0.266. The van der Waals surface area contributed by atoms with E-state index in [4.69, 9.17) is 12.6 Å². The van der Waals surface area contributed by atoms with Crippen LogP contribution in [0, 0.1) is 0 Å². The van der Waals surface area contributed by atoms with Crippen LogP contribution in [-0.4, -0.2) is 15.6 Å². The van der Waals surface area contributed by atoms with Crippen molar-refractivity contribution in [2.24, 2.45) is 0 Å². The number of benzene rings is 2. The molecule has 31 heavy (non-hydrogen) atoms. The summed E-state index contributed by atoms with van der Waals surface area (Å²) < 4.78 is 0. The van der Waals surface area contributed by atoms with Gasteiger partial charge in [-0.25, -0.2) is 0 Å². The topological polar surface area (TPSA) is 20.2 Å². The molecule has 2 unspecified atom stereocenters. The fourth-order valence-electron chi connectivity index (χ4n) is 4.55. The molecular formula is C28H40OS2. The molecule has 1 nitrogen and oxygen atoms in total. The van der Waals surface area contributed by atoms with E-state index in [-0.39, 0.29) is 10.8 Å². The van der Waals surface area contributed by atoms with E-state index in [1.54, 1.807) is 0 Å². The van der Waals surface area contributed by atoms with Crippen LogP contribution < -0.4 is 0 Å². The molecule has 170 valence electrons. The molecule has 1 fully saturated rings. The Balaban J connectivity index is 1.95. The van der Waals surface area contributed by atoms with E-state index in [0.717, 1.165) is 16.9 Å². The molecular weight excluding hydrogens is 416 g/mol. The Morgan fingerprint density at radius 2 is 1.55 bits per heavy atom. The maximum atomic E-state index is 11.4. The van der Waals surface area contributed by atoms with Crippen molar-refractivity contribution in [3.63, 3.8) is 0 Å². The summed E-state index contributed by atoms with van der Waals surface area (Å²) in [6.45, 7) is 11.2. The third kappa shape index (κ3) is 6.05. The smallest absolute Gasteiger partial charge is 0.123 e. The molecule has 1 N–H and O–H groups in total. The normalized spacial score (nSPS) is 20.8. The van der Waals surface area contributed by atoms with Crippen molar-refractivity contribution in [2.45, 2.75) is 100 Å².